The minimum Gasteiger partial charge on any atom is -0.493 e. The van der Waals surface area contributed by atoms with Crippen molar-refractivity contribution in [3.05, 3.63) is 60.1 Å². The van der Waals surface area contributed by atoms with Crippen molar-refractivity contribution < 1.29 is 23.0 Å². The standard InChI is InChI=1S/C23H22F2N6O3/c1-3-4-34-20-11-18-17(10-19(20)33-2)23(27-12-26-18)29-21-8-16(30-31-21)9-22(32)28-15-6-13(24)5-14(25)7-15/h5-8,10-12H,3-4,9H2,1-2H3,(H,28,32)(H2,26,27,29,30,31). The number of nitrogens with zero attached hydrogens (tertiary/aromatic N) is 3. The Kier molecular flexibility index (Phi) is 6.81. The first-order valence-corrected chi connectivity index (χ1v) is 10.5. The van der Waals surface area contributed by atoms with Gasteiger partial charge in [0.2, 0.25) is 5.91 Å². The quantitative estimate of drug-likeness (QED) is 0.335. The van der Waals surface area contributed by atoms with Gasteiger partial charge in [0.25, 0.3) is 0 Å². The SMILES string of the molecule is CCCOc1cc2ncnc(Nc3cc(CC(=O)Nc4cc(F)cc(F)c4)[nH]n3)c2cc1OC. The van der Waals surface area contributed by atoms with Crippen LogP contribution in [0.4, 0.5) is 26.1 Å². The Labute approximate surface area is 193 Å². The van der Waals surface area contributed by atoms with Crippen molar-refractivity contribution in [3.63, 3.8) is 0 Å². The zero-order chi connectivity index (χ0) is 24.1. The van der Waals surface area contributed by atoms with Gasteiger partial charge in [-0.05, 0) is 24.6 Å². The van der Waals surface area contributed by atoms with E-state index in [9.17, 15) is 13.6 Å². The summed E-state index contributed by atoms with van der Waals surface area (Å²) < 4.78 is 37.8. The molecule has 2 aromatic heterocycles. The number of hydrogen-bond donors (Lipinski definition) is 3. The highest BCUT2D eigenvalue weighted by Gasteiger charge is 2.14. The van der Waals surface area contributed by atoms with Crippen LogP contribution in [0.3, 0.4) is 0 Å². The summed E-state index contributed by atoms with van der Waals surface area (Å²) in [4.78, 5) is 20.8. The molecule has 2 aromatic carbocycles. The number of benzene rings is 2. The number of fused-ring (bicyclic) bond motifs is 1. The molecule has 34 heavy (non-hydrogen) atoms. The van der Waals surface area contributed by atoms with Crippen LogP contribution in [-0.4, -0.2) is 39.8 Å². The van der Waals surface area contributed by atoms with Crippen molar-refractivity contribution in [2.45, 2.75) is 19.8 Å². The number of aromatic amines is 1. The van der Waals surface area contributed by atoms with Crippen LogP contribution in [0.2, 0.25) is 0 Å². The molecule has 4 aromatic rings. The van der Waals surface area contributed by atoms with E-state index < -0.39 is 17.5 Å². The molecule has 0 saturated heterocycles. The summed E-state index contributed by atoms with van der Waals surface area (Å²) in [5, 5.41) is 13.2. The van der Waals surface area contributed by atoms with E-state index in [0.717, 1.165) is 24.6 Å². The number of H-pyrrole nitrogens is 1. The van der Waals surface area contributed by atoms with Gasteiger partial charge < -0.3 is 20.1 Å². The van der Waals surface area contributed by atoms with Gasteiger partial charge in [-0.3, -0.25) is 9.89 Å². The predicted octanol–water partition coefficient (Wildman–Crippen LogP) is 4.35. The van der Waals surface area contributed by atoms with Crippen molar-refractivity contribution in [1.29, 1.82) is 0 Å². The fourth-order valence-corrected chi connectivity index (χ4v) is 3.29. The molecule has 9 nitrogen and oxygen atoms in total. The van der Waals surface area contributed by atoms with Crippen molar-refractivity contribution in [1.82, 2.24) is 20.2 Å². The van der Waals surface area contributed by atoms with Crippen LogP contribution in [0.5, 0.6) is 11.5 Å². The number of ether oxygens (including phenoxy) is 2. The van der Waals surface area contributed by atoms with Crippen LogP contribution >= 0.6 is 0 Å². The average molecular weight is 468 g/mol. The molecule has 11 heteroatoms. The number of hydrogen-bond acceptors (Lipinski definition) is 7. The minimum absolute atomic E-state index is 0.0315. The fourth-order valence-electron chi connectivity index (χ4n) is 3.29. The second kappa shape index (κ2) is 10.1. The normalized spacial score (nSPS) is 10.8. The number of methoxy groups -OCH3 is 1. The summed E-state index contributed by atoms with van der Waals surface area (Å²) in [6, 6.07) is 8.00. The Morgan fingerprint density at radius 2 is 1.85 bits per heavy atom. The molecule has 0 atom stereocenters. The molecule has 0 aliphatic rings. The molecule has 3 N–H and O–H groups in total. The molecule has 0 radical (unpaired) electrons. The molecular weight excluding hydrogens is 446 g/mol. The number of anilines is 3. The topological polar surface area (TPSA) is 114 Å². The van der Waals surface area contributed by atoms with Crippen LogP contribution in [0, 0.1) is 11.6 Å². The smallest absolute Gasteiger partial charge is 0.230 e. The lowest BCUT2D eigenvalue weighted by molar-refractivity contribution is -0.115. The van der Waals surface area contributed by atoms with Crippen molar-refractivity contribution in [3.8, 4) is 11.5 Å². The molecule has 0 aliphatic heterocycles. The molecule has 176 valence electrons. The van der Waals surface area contributed by atoms with Crippen LogP contribution in [0.15, 0.2) is 42.7 Å². The monoisotopic (exact) mass is 468 g/mol. The van der Waals surface area contributed by atoms with Crippen molar-refractivity contribution in [2.75, 3.05) is 24.4 Å². The van der Waals surface area contributed by atoms with E-state index in [0.29, 0.717) is 46.3 Å². The van der Waals surface area contributed by atoms with Crippen LogP contribution < -0.4 is 20.1 Å². The second-order valence-electron chi connectivity index (χ2n) is 7.38. The number of carbonyl (C=O) groups excluding carboxylic acids is 1. The molecule has 0 bridgehead atoms. The lowest BCUT2D eigenvalue weighted by Crippen LogP contribution is -2.14. The molecule has 0 aliphatic carbocycles. The Morgan fingerprint density at radius 3 is 2.59 bits per heavy atom. The van der Waals surface area contributed by atoms with Gasteiger partial charge in [-0.15, -0.1) is 0 Å². The minimum atomic E-state index is -0.777. The van der Waals surface area contributed by atoms with E-state index in [1.165, 1.54) is 6.33 Å². The lowest BCUT2D eigenvalue weighted by Gasteiger charge is -2.12. The molecule has 2 heterocycles. The van der Waals surface area contributed by atoms with E-state index in [1.54, 1.807) is 25.3 Å². The summed E-state index contributed by atoms with van der Waals surface area (Å²) in [7, 11) is 1.56. The fraction of sp³-hybridized carbons (Fsp3) is 0.217. The van der Waals surface area contributed by atoms with Gasteiger partial charge in [0.05, 0.1) is 25.7 Å². The first-order chi connectivity index (χ1) is 16.4. The summed E-state index contributed by atoms with van der Waals surface area (Å²) in [5.41, 5.74) is 1.17. The Bertz CT molecular complexity index is 1310. The number of amides is 1. The third kappa shape index (κ3) is 5.37. The molecule has 0 saturated carbocycles. The third-order valence-electron chi connectivity index (χ3n) is 4.76. The van der Waals surface area contributed by atoms with E-state index in [4.69, 9.17) is 9.47 Å². The largest absolute Gasteiger partial charge is 0.493 e. The number of carbonyl (C=O) groups is 1. The Balaban J connectivity index is 1.49. The summed E-state index contributed by atoms with van der Waals surface area (Å²) in [6.07, 6.45) is 2.19. The van der Waals surface area contributed by atoms with Gasteiger partial charge in [0, 0.05) is 35.0 Å². The maximum Gasteiger partial charge on any atom is 0.230 e. The van der Waals surface area contributed by atoms with Gasteiger partial charge in [-0.2, -0.15) is 5.10 Å². The highest BCUT2D eigenvalue weighted by atomic mass is 19.1. The number of nitrogens with one attached hydrogen (secondary N) is 3. The average Bonchev–Trinajstić information content (AvgIpc) is 3.23. The Hall–Kier alpha value is -4.28. The Morgan fingerprint density at radius 1 is 1.06 bits per heavy atom. The lowest BCUT2D eigenvalue weighted by atomic mass is 10.2. The molecule has 0 fully saturated rings. The van der Waals surface area contributed by atoms with Gasteiger partial charge in [-0.1, -0.05) is 6.92 Å². The van der Waals surface area contributed by atoms with Gasteiger partial charge in [0.1, 0.15) is 23.8 Å². The van der Waals surface area contributed by atoms with Gasteiger partial charge in [0.15, 0.2) is 17.3 Å². The highest BCUT2D eigenvalue weighted by molar-refractivity contribution is 5.93. The summed E-state index contributed by atoms with van der Waals surface area (Å²) >= 11 is 0. The first-order valence-electron chi connectivity index (χ1n) is 10.5. The highest BCUT2D eigenvalue weighted by Crippen LogP contribution is 2.34. The molecular formula is C23H22F2N6O3. The maximum atomic E-state index is 13.3. The van der Waals surface area contributed by atoms with Crippen LogP contribution in [0.25, 0.3) is 10.9 Å². The van der Waals surface area contributed by atoms with E-state index >= 15 is 0 Å². The predicted molar refractivity (Wildman–Crippen MR) is 122 cm³/mol. The van der Waals surface area contributed by atoms with E-state index in [-0.39, 0.29) is 12.1 Å². The van der Waals surface area contributed by atoms with E-state index in [2.05, 4.69) is 30.8 Å². The second-order valence-corrected chi connectivity index (χ2v) is 7.38. The molecule has 0 unspecified atom stereocenters. The first kappa shape index (κ1) is 22.9. The number of aromatic nitrogens is 4. The van der Waals surface area contributed by atoms with Crippen LogP contribution in [0.1, 0.15) is 19.0 Å². The molecule has 0 spiro atoms. The summed E-state index contributed by atoms with van der Waals surface area (Å²) in [5.74, 6) is 0.0341. The van der Waals surface area contributed by atoms with Gasteiger partial charge >= 0.3 is 0 Å². The van der Waals surface area contributed by atoms with Crippen LogP contribution in [-0.2, 0) is 11.2 Å². The van der Waals surface area contributed by atoms with Gasteiger partial charge in [-0.25, -0.2) is 18.7 Å². The summed E-state index contributed by atoms with van der Waals surface area (Å²) in [6.45, 7) is 2.57. The molecule has 1 amide bonds. The van der Waals surface area contributed by atoms with Crippen molar-refractivity contribution >= 4 is 34.1 Å². The van der Waals surface area contributed by atoms with E-state index in [1.807, 2.05) is 6.92 Å². The zero-order valence-electron chi connectivity index (χ0n) is 18.5. The number of rotatable bonds is 9. The van der Waals surface area contributed by atoms with Crippen molar-refractivity contribution in [2.24, 2.45) is 0 Å². The molecule has 4 rings (SSSR count). The number of halogens is 2. The zero-order valence-corrected chi connectivity index (χ0v) is 18.5. The maximum absolute atomic E-state index is 13.3. The third-order valence-corrected chi connectivity index (χ3v) is 4.76.